The Labute approximate surface area is 327 Å². The summed E-state index contributed by atoms with van der Waals surface area (Å²) in [5.74, 6) is 0.343. The normalized spacial score (nSPS) is 15.3. The van der Waals surface area contributed by atoms with Crippen LogP contribution in [0.5, 0.6) is 0 Å². The number of benzene rings is 3. The van der Waals surface area contributed by atoms with Crippen LogP contribution in [0.15, 0.2) is 110 Å². The number of amides is 4. The molecule has 2 unspecified atom stereocenters. The molecule has 0 aliphatic carbocycles. The Morgan fingerprint density at radius 2 is 1.42 bits per heavy atom. The van der Waals surface area contributed by atoms with Gasteiger partial charge in [-0.3, -0.25) is 19.6 Å². The lowest BCUT2D eigenvalue weighted by Crippen LogP contribution is -2.41. The van der Waals surface area contributed by atoms with Gasteiger partial charge in [0.05, 0.1) is 61.1 Å². The smallest absolute Gasteiger partial charge is 0.407 e. The maximum absolute atomic E-state index is 13.7. The van der Waals surface area contributed by atoms with E-state index >= 15 is 0 Å². The van der Waals surface area contributed by atoms with Gasteiger partial charge in [0.2, 0.25) is 12.0 Å². The van der Waals surface area contributed by atoms with Crippen LogP contribution in [-0.2, 0) is 19.1 Å². The third-order valence-corrected chi connectivity index (χ3v) is 9.63. The number of rotatable bonds is 12. The Morgan fingerprint density at radius 1 is 0.772 bits per heavy atom. The van der Waals surface area contributed by atoms with Crippen LogP contribution in [-0.4, -0.2) is 72.5 Å². The number of alkyl carbamates (subject to hydrolysis) is 1. The Morgan fingerprint density at radius 3 is 2.09 bits per heavy atom. The number of hydrogen-bond donors (Lipinski definition) is 5. The molecule has 7 rings (SSSR count). The molecule has 6 N–H and O–H groups in total. The average Bonchev–Trinajstić information content (AvgIpc) is 4.04. The van der Waals surface area contributed by atoms with Crippen LogP contribution < -0.4 is 16.4 Å². The van der Waals surface area contributed by atoms with Crippen molar-refractivity contribution >= 4 is 24.0 Å². The summed E-state index contributed by atoms with van der Waals surface area (Å²) in [5.41, 5.74) is 10.8. The monoisotopic (exact) mass is 768 g/mol. The van der Waals surface area contributed by atoms with E-state index in [1.165, 1.54) is 7.11 Å². The lowest BCUT2D eigenvalue weighted by molar-refractivity contribution is -0.141. The molecule has 4 atom stereocenters. The largest absolute Gasteiger partial charge is 0.453 e. The fourth-order valence-corrected chi connectivity index (χ4v) is 6.73. The predicted molar refractivity (Wildman–Crippen MR) is 207 cm³/mol. The Hall–Kier alpha value is -7.36. The number of carbonyl (C=O) groups is 4. The van der Waals surface area contributed by atoms with E-state index in [1.807, 2.05) is 36.4 Å². The summed E-state index contributed by atoms with van der Waals surface area (Å²) >= 11 is 0. The first-order valence-corrected chi connectivity index (χ1v) is 18.2. The number of H-pyrrole nitrogens is 2. The van der Waals surface area contributed by atoms with E-state index in [1.54, 1.807) is 85.1 Å². The molecule has 4 heterocycles. The highest BCUT2D eigenvalue weighted by atomic mass is 16.6. The maximum Gasteiger partial charge on any atom is 0.407 e. The molecule has 16 nitrogen and oxygen atoms in total. The van der Waals surface area contributed by atoms with Crippen LogP contribution in [0.3, 0.4) is 0 Å². The van der Waals surface area contributed by atoms with Crippen LogP contribution >= 0.6 is 0 Å². The van der Waals surface area contributed by atoms with Gasteiger partial charge in [-0.1, -0.05) is 84.9 Å². The summed E-state index contributed by atoms with van der Waals surface area (Å²) in [4.78, 5) is 77.2. The molecule has 1 fully saturated rings. The average molecular weight is 769 g/mol. The minimum Gasteiger partial charge on any atom is -0.453 e. The molecule has 1 aliphatic rings. The number of carbonyl (C=O) groups excluding carboxylic acids is 4. The van der Waals surface area contributed by atoms with Crippen molar-refractivity contribution in [3.8, 4) is 33.9 Å². The molecule has 3 aromatic heterocycles. The summed E-state index contributed by atoms with van der Waals surface area (Å²) in [5, 5.41) is 5.50. The number of aromatic nitrogens is 6. The second kappa shape index (κ2) is 17.0. The highest BCUT2D eigenvalue weighted by molar-refractivity contribution is 5.87. The van der Waals surface area contributed by atoms with Crippen molar-refractivity contribution < 1.29 is 28.7 Å². The molecule has 3 aromatic carbocycles. The van der Waals surface area contributed by atoms with Gasteiger partial charge in [0, 0.05) is 17.7 Å². The number of hydrogen-bond acceptors (Lipinski definition) is 10. The Kier molecular flexibility index (Phi) is 11.3. The van der Waals surface area contributed by atoms with Crippen LogP contribution in [0, 0.1) is 0 Å². The minimum absolute atomic E-state index is 0.352. The molecule has 4 amide bonds. The Bertz CT molecular complexity index is 2330. The lowest BCUT2D eigenvalue weighted by atomic mass is 10.1. The molecule has 0 saturated carbocycles. The molecule has 0 radical (unpaired) electrons. The van der Waals surface area contributed by atoms with E-state index in [0.717, 1.165) is 23.2 Å². The zero-order chi connectivity index (χ0) is 39.9. The predicted octanol–water partition coefficient (Wildman–Crippen LogP) is 5.70. The number of methoxy groups -OCH3 is 1. The number of likely N-dealkylation sites (tertiary alicyclic amines) is 1. The second-order valence-corrected chi connectivity index (χ2v) is 13.4. The summed E-state index contributed by atoms with van der Waals surface area (Å²) in [6.45, 7) is 2.27. The number of ether oxygens (including phenoxy) is 2. The second-order valence-electron chi connectivity index (χ2n) is 13.4. The molecule has 6 aromatic rings. The van der Waals surface area contributed by atoms with Gasteiger partial charge in [-0.15, -0.1) is 0 Å². The SMILES string of the molecule is COC(=O)NC(C(=O)NC(C)c1ncc(-c2ccc(-c3cnc(-c4cnc([C@@H]5CCCN5C(=O)[C@H](OC(N)=O)c5ccccc5)[nH]4)cn3)cc2)[nH]1)c1ccccc1. The number of primary amides is 1. The summed E-state index contributed by atoms with van der Waals surface area (Å²) < 4.78 is 9.99. The fourth-order valence-electron chi connectivity index (χ4n) is 6.73. The van der Waals surface area contributed by atoms with Crippen LogP contribution in [0.25, 0.3) is 33.9 Å². The van der Waals surface area contributed by atoms with E-state index in [-0.39, 0.29) is 11.9 Å². The molecule has 0 spiro atoms. The molecule has 1 saturated heterocycles. The van der Waals surface area contributed by atoms with Crippen molar-refractivity contribution in [3.63, 3.8) is 0 Å². The third-order valence-electron chi connectivity index (χ3n) is 9.63. The molecule has 1 aliphatic heterocycles. The fraction of sp³-hybridized carbons (Fsp3) is 0.220. The van der Waals surface area contributed by atoms with E-state index in [4.69, 9.17) is 15.2 Å². The number of nitrogens with two attached hydrogens (primary N) is 1. The molecule has 0 bridgehead atoms. The number of imidazole rings is 2. The van der Waals surface area contributed by atoms with Gasteiger partial charge < -0.3 is 40.7 Å². The summed E-state index contributed by atoms with van der Waals surface area (Å²) in [6, 6.07) is 23.6. The van der Waals surface area contributed by atoms with E-state index in [0.29, 0.717) is 52.8 Å². The van der Waals surface area contributed by atoms with Crippen molar-refractivity contribution in [2.24, 2.45) is 5.73 Å². The zero-order valence-electron chi connectivity index (χ0n) is 31.1. The first-order valence-electron chi connectivity index (χ1n) is 18.2. The van der Waals surface area contributed by atoms with Gasteiger partial charge in [0.15, 0.2) is 0 Å². The number of nitrogens with zero attached hydrogens (tertiary/aromatic N) is 5. The first-order chi connectivity index (χ1) is 27.7. The van der Waals surface area contributed by atoms with Crippen molar-refractivity contribution in [1.29, 1.82) is 0 Å². The summed E-state index contributed by atoms with van der Waals surface area (Å²) in [7, 11) is 1.24. The van der Waals surface area contributed by atoms with Crippen LogP contribution in [0.1, 0.15) is 66.8 Å². The van der Waals surface area contributed by atoms with Gasteiger partial charge in [-0.05, 0) is 30.9 Å². The van der Waals surface area contributed by atoms with E-state index in [2.05, 4.69) is 40.5 Å². The number of aromatic amines is 2. The van der Waals surface area contributed by atoms with Crippen molar-refractivity contribution in [3.05, 3.63) is 132 Å². The first kappa shape index (κ1) is 37.9. The van der Waals surface area contributed by atoms with Crippen molar-refractivity contribution in [2.45, 2.75) is 44.0 Å². The van der Waals surface area contributed by atoms with Gasteiger partial charge in [0.25, 0.3) is 5.91 Å². The summed E-state index contributed by atoms with van der Waals surface area (Å²) in [6.07, 6.45) is 5.21. The zero-order valence-corrected chi connectivity index (χ0v) is 31.1. The van der Waals surface area contributed by atoms with Gasteiger partial charge >= 0.3 is 12.2 Å². The Balaban J connectivity index is 0.990. The standard InChI is InChI=1S/C41H40N10O6/c1-24(47-38(52)34(50-41(55)56-2)27-10-5-3-6-11-27)36-45-21-30(48-36)26-17-15-25(16-18-26)29-20-44-31(22-43-29)32-23-46-37(49-32)33-14-9-19-51(33)39(53)35(57-40(42)54)28-12-7-4-8-13-28/h3-8,10-13,15-18,20-24,33-35H,9,14,19H2,1-2H3,(H2,42,54)(H,45,48)(H,46,49)(H,47,52)(H,50,55)/t24?,33-,34?,35+/m0/s1. The number of nitrogens with one attached hydrogen (secondary N) is 4. The van der Waals surface area contributed by atoms with Crippen LogP contribution in [0.4, 0.5) is 9.59 Å². The van der Waals surface area contributed by atoms with Crippen molar-refractivity contribution in [1.82, 2.24) is 45.4 Å². The van der Waals surface area contributed by atoms with Gasteiger partial charge in [0.1, 0.15) is 23.4 Å². The molecule has 57 heavy (non-hydrogen) atoms. The van der Waals surface area contributed by atoms with E-state index < -0.39 is 36.3 Å². The molecule has 290 valence electrons. The van der Waals surface area contributed by atoms with E-state index in [9.17, 15) is 19.2 Å². The molecule has 16 heteroatoms. The third kappa shape index (κ3) is 8.64. The highest BCUT2D eigenvalue weighted by Gasteiger charge is 2.38. The van der Waals surface area contributed by atoms with Crippen molar-refractivity contribution in [2.75, 3.05) is 13.7 Å². The van der Waals surface area contributed by atoms with Gasteiger partial charge in [-0.2, -0.15) is 0 Å². The minimum atomic E-state index is -1.16. The van der Waals surface area contributed by atoms with Crippen LogP contribution in [0.2, 0.25) is 0 Å². The quantitative estimate of drug-likeness (QED) is 0.102. The van der Waals surface area contributed by atoms with Gasteiger partial charge in [-0.25, -0.2) is 19.6 Å². The molecular weight excluding hydrogens is 729 g/mol. The lowest BCUT2D eigenvalue weighted by Gasteiger charge is -2.27. The molecular formula is C41H40N10O6. The highest BCUT2D eigenvalue weighted by Crippen LogP contribution is 2.35. The topological polar surface area (TPSA) is 223 Å². The maximum atomic E-state index is 13.7.